The van der Waals surface area contributed by atoms with E-state index in [0.29, 0.717) is 0 Å². The maximum Gasteiger partial charge on any atom is 0.486 e. The van der Waals surface area contributed by atoms with E-state index >= 15 is 0 Å². The van der Waals surface area contributed by atoms with Crippen LogP contribution in [0, 0.1) is 0 Å². The summed E-state index contributed by atoms with van der Waals surface area (Å²) in [5.41, 5.74) is 1.16. The number of hydrogen-bond donors (Lipinski definition) is 0. The molecule has 1 aliphatic heterocycles. The molecule has 15 heavy (non-hydrogen) atoms. The van der Waals surface area contributed by atoms with Crippen LogP contribution in [0.4, 0.5) is 0 Å². The molecule has 2 nitrogen and oxygen atoms in total. The molecule has 1 aromatic carbocycles. The lowest BCUT2D eigenvalue weighted by molar-refractivity contribution is 0.187. The molecule has 2 rings (SSSR count). The van der Waals surface area contributed by atoms with Crippen molar-refractivity contribution >= 4 is 13.2 Å². The monoisotopic (exact) mass is 202 g/mol. The molecule has 1 aromatic rings. The van der Waals surface area contributed by atoms with E-state index in [4.69, 9.17) is 9.31 Å². The fourth-order valence-electron chi connectivity index (χ4n) is 1.52. The van der Waals surface area contributed by atoms with Crippen LogP contribution >= 0.6 is 0 Å². The third kappa shape index (κ3) is 2.70. The lowest BCUT2D eigenvalue weighted by Gasteiger charge is -2.04. The molecule has 0 aromatic heterocycles. The van der Waals surface area contributed by atoms with Crippen molar-refractivity contribution in [3.63, 3.8) is 0 Å². The van der Waals surface area contributed by atoms with Crippen molar-refractivity contribution in [2.24, 2.45) is 0 Å². The van der Waals surface area contributed by atoms with Gasteiger partial charge in [0.15, 0.2) is 0 Å². The first-order chi connectivity index (χ1) is 7.25. The number of benzene rings is 1. The van der Waals surface area contributed by atoms with E-state index in [0.717, 1.165) is 5.56 Å². The minimum atomic E-state index is -0.199. The third-order valence-corrected chi connectivity index (χ3v) is 2.60. The second-order valence-electron chi connectivity index (χ2n) is 3.82. The van der Waals surface area contributed by atoms with Gasteiger partial charge in [0.05, 0.1) is 12.2 Å². The Bertz CT molecular complexity index is 327. The van der Waals surface area contributed by atoms with Crippen molar-refractivity contribution in [1.82, 2.24) is 0 Å². The highest BCUT2D eigenvalue weighted by molar-refractivity contribution is 6.52. The van der Waals surface area contributed by atoms with Gasteiger partial charge in [0.1, 0.15) is 0 Å². The third-order valence-electron chi connectivity index (χ3n) is 2.60. The molecule has 0 radical (unpaired) electrons. The van der Waals surface area contributed by atoms with Crippen molar-refractivity contribution in [3.05, 3.63) is 41.9 Å². The Labute approximate surface area is 91.0 Å². The molecule has 0 amide bonds. The van der Waals surface area contributed by atoms with Crippen LogP contribution in [-0.2, 0) is 9.31 Å². The van der Waals surface area contributed by atoms with Gasteiger partial charge in [-0.3, -0.25) is 0 Å². The Hall–Kier alpha value is -1.06. The maximum atomic E-state index is 5.59. The van der Waals surface area contributed by atoms with Gasteiger partial charge in [0, 0.05) is 0 Å². The zero-order valence-corrected chi connectivity index (χ0v) is 9.09. The summed E-state index contributed by atoms with van der Waals surface area (Å²) < 4.78 is 11.2. The topological polar surface area (TPSA) is 18.5 Å². The summed E-state index contributed by atoms with van der Waals surface area (Å²) in [6.07, 6.45) is 2.38. The van der Waals surface area contributed by atoms with Crippen LogP contribution < -0.4 is 0 Å². The Balaban J connectivity index is 1.96. The van der Waals surface area contributed by atoms with Crippen molar-refractivity contribution in [2.75, 3.05) is 0 Å². The van der Waals surface area contributed by atoms with Crippen LogP contribution in [0.25, 0.3) is 6.08 Å². The average Bonchev–Trinajstić information content (AvgIpc) is 2.57. The summed E-state index contributed by atoms with van der Waals surface area (Å²) in [4.78, 5) is 0. The van der Waals surface area contributed by atoms with Gasteiger partial charge in [-0.15, -0.1) is 0 Å². The predicted octanol–water partition coefficient (Wildman–Crippen LogP) is 2.55. The van der Waals surface area contributed by atoms with Crippen molar-refractivity contribution in [1.29, 1.82) is 0 Å². The van der Waals surface area contributed by atoms with E-state index in [1.165, 1.54) is 0 Å². The SMILES string of the molecule is C[C@H]1OB(/C=C/c2ccccc2)O[C@@H]1C. The van der Waals surface area contributed by atoms with Gasteiger partial charge in [-0.1, -0.05) is 42.4 Å². The Morgan fingerprint density at radius 1 is 1.07 bits per heavy atom. The zero-order valence-electron chi connectivity index (χ0n) is 9.09. The lowest BCUT2D eigenvalue weighted by atomic mass is 9.89. The van der Waals surface area contributed by atoms with Gasteiger partial charge in [-0.05, 0) is 19.4 Å². The smallest absolute Gasteiger partial charge is 0.403 e. The van der Waals surface area contributed by atoms with E-state index in [9.17, 15) is 0 Å². The first-order valence-electron chi connectivity index (χ1n) is 5.30. The zero-order chi connectivity index (χ0) is 10.7. The Kier molecular flexibility index (Phi) is 3.24. The normalized spacial score (nSPS) is 26.4. The average molecular weight is 202 g/mol. The summed E-state index contributed by atoms with van der Waals surface area (Å²) in [5.74, 6) is 1.95. The Morgan fingerprint density at radius 2 is 1.67 bits per heavy atom. The van der Waals surface area contributed by atoms with Crippen LogP contribution in [0.3, 0.4) is 0 Å². The predicted molar refractivity (Wildman–Crippen MR) is 62.3 cm³/mol. The molecule has 0 N–H and O–H groups in total. The van der Waals surface area contributed by atoms with E-state index in [1.54, 1.807) is 0 Å². The summed E-state index contributed by atoms with van der Waals surface area (Å²) >= 11 is 0. The molecule has 0 unspecified atom stereocenters. The maximum absolute atomic E-state index is 5.59. The Morgan fingerprint density at radius 3 is 2.27 bits per heavy atom. The van der Waals surface area contributed by atoms with Gasteiger partial charge in [0.25, 0.3) is 0 Å². The molecule has 1 saturated heterocycles. The largest absolute Gasteiger partial charge is 0.486 e. The second kappa shape index (κ2) is 4.64. The molecule has 2 atom stereocenters. The summed E-state index contributed by atoms with van der Waals surface area (Å²) in [6, 6.07) is 10.1. The molecule has 0 saturated carbocycles. The van der Waals surface area contributed by atoms with Crippen molar-refractivity contribution < 1.29 is 9.31 Å². The molecule has 1 fully saturated rings. The minimum absolute atomic E-state index is 0.176. The first kappa shape index (κ1) is 10.5. The minimum Gasteiger partial charge on any atom is -0.403 e. The quantitative estimate of drug-likeness (QED) is 0.686. The highest BCUT2D eigenvalue weighted by Crippen LogP contribution is 2.16. The van der Waals surface area contributed by atoms with E-state index in [-0.39, 0.29) is 19.3 Å². The van der Waals surface area contributed by atoms with Gasteiger partial charge in [-0.25, -0.2) is 0 Å². The standard InChI is InChI=1S/C12H15BO2/c1-10-11(2)15-13(14-10)9-8-12-6-4-3-5-7-12/h3-11H,1-2H3/b9-8+/t10-,11-/m1/s1. The van der Waals surface area contributed by atoms with Gasteiger partial charge < -0.3 is 9.31 Å². The van der Waals surface area contributed by atoms with Crippen LogP contribution in [0.5, 0.6) is 0 Å². The van der Waals surface area contributed by atoms with Gasteiger partial charge in [0.2, 0.25) is 0 Å². The molecular formula is C12H15BO2. The molecule has 0 bridgehead atoms. The van der Waals surface area contributed by atoms with Crippen LogP contribution in [-0.4, -0.2) is 19.3 Å². The van der Waals surface area contributed by atoms with Crippen molar-refractivity contribution in [3.8, 4) is 0 Å². The molecule has 78 valence electrons. The highest BCUT2D eigenvalue weighted by atomic mass is 16.6. The highest BCUT2D eigenvalue weighted by Gasteiger charge is 2.31. The van der Waals surface area contributed by atoms with Crippen LogP contribution in [0.1, 0.15) is 19.4 Å². The second-order valence-corrected chi connectivity index (χ2v) is 3.82. The molecular weight excluding hydrogens is 187 g/mol. The van der Waals surface area contributed by atoms with Crippen LogP contribution in [0.15, 0.2) is 36.3 Å². The summed E-state index contributed by atoms with van der Waals surface area (Å²) in [7, 11) is -0.199. The van der Waals surface area contributed by atoms with Crippen LogP contribution in [0.2, 0.25) is 0 Å². The lowest BCUT2D eigenvalue weighted by Crippen LogP contribution is -2.13. The van der Waals surface area contributed by atoms with E-state index < -0.39 is 0 Å². The van der Waals surface area contributed by atoms with E-state index in [1.807, 2.05) is 44.1 Å². The molecule has 0 spiro atoms. The molecule has 1 aliphatic rings. The molecule has 3 heteroatoms. The summed E-state index contributed by atoms with van der Waals surface area (Å²) in [6.45, 7) is 4.06. The fraction of sp³-hybridized carbons (Fsp3) is 0.333. The summed E-state index contributed by atoms with van der Waals surface area (Å²) in [5, 5.41) is 0. The first-order valence-corrected chi connectivity index (χ1v) is 5.30. The number of hydrogen-bond acceptors (Lipinski definition) is 2. The fourth-order valence-corrected chi connectivity index (χ4v) is 1.52. The van der Waals surface area contributed by atoms with Crippen molar-refractivity contribution in [2.45, 2.75) is 26.1 Å². The van der Waals surface area contributed by atoms with Gasteiger partial charge >= 0.3 is 7.12 Å². The molecule has 0 aliphatic carbocycles. The van der Waals surface area contributed by atoms with E-state index in [2.05, 4.69) is 12.1 Å². The molecule has 1 heterocycles. The van der Waals surface area contributed by atoms with Gasteiger partial charge in [-0.2, -0.15) is 0 Å². The number of rotatable bonds is 2.